The number of ether oxygens (including phenoxy) is 8. The number of anilines is 1. The van der Waals surface area contributed by atoms with Gasteiger partial charge < -0.3 is 43.0 Å². The Morgan fingerprint density at radius 3 is 1.97 bits per heavy atom. The molecule has 1 atom stereocenters. The molecular formula is C51H51N3O15S. The minimum atomic E-state index is -1.04. The lowest BCUT2D eigenvalue weighted by atomic mass is 10.0. The van der Waals surface area contributed by atoms with Crippen molar-refractivity contribution in [3.05, 3.63) is 157 Å². The van der Waals surface area contributed by atoms with Crippen LogP contribution in [0, 0.1) is 0 Å². The molecule has 18 nitrogen and oxygen atoms in total. The van der Waals surface area contributed by atoms with Crippen LogP contribution in [-0.4, -0.2) is 105 Å². The van der Waals surface area contributed by atoms with Crippen molar-refractivity contribution in [2.75, 3.05) is 51.4 Å². The zero-order chi connectivity index (χ0) is 50.1. The number of amides is 1. The second-order valence-corrected chi connectivity index (χ2v) is 15.5. The Morgan fingerprint density at radius 1 is 0.686 bits per heavy atom. The van der Waals surface area contributed by atoms with Gasteiger partial charge in [0.15, 0.2) is 6.61 Å². The summed E-state index contributed by atoms with van der Waals surface area (Å²) in [5, 5.41) is 15.5. The Balaban J connectivity index is 1.20. The third-order valence-corrected chi connectivity index (χ3v) is 10.7. The second kappa shape index (κ2) is 28.4. The number of carbonyl (C=O) groups is 6. The number of aromatic nitrogens is 1. The third kappa shape index (κ3) is 17.3. The van der Waals surface area contributed by atoms with Crippen LogP contribution in [0.1, 0.15) is 56.7 Å². The van der Waals surface area contributed by atoms with Crippen LogP contribution in [0.3, 0.4) is 0 Å². The molecule has 0 aliphatic heterocycles. The molecule has 4 aromatic carbocycles. The summed E-state index contributed by atoms with van der Waals surface area (Å²) in [6.07, 6.45) is 6.00. The van der Waals surface area contributed by atoms with Gasteiger partial charge in [0.2, 0.25) is 18.2 Å². The molecular weight excluding hydrogens is 927 g/mol. The molecule has 1 aromatic heterocycles. The van der Waals surface area contributed by atoms with Crippen molar-refractivity contribution in [2.45, 2.75) is 38.4 Å². The lowest BCUT2D eigenvalue weighted by Crippen LogP contribution is -2.28. The van der Waals surface area contributed by atoms with Crippen molar-refractivity contribution in [3.63, 3.8) is 0 Å². The van der Waals surface area contributed by atoms with Crippen LogP contribution in [-0.2, 0) is 60.4 Å². The number of rotatable bonds is 29. The Bertz CT molecular complexity index is 2600. The van der Waals surface area contributed by atoms with Gasteiger partial charge in [0.05, 0.1) is 54.0 Å². The molecule has 0 aliphatic carbocycles. The number of aliphatic hydroxyl groups is 1. The normalized spacial score (nSPS) is 11.2. The molecule has 0 aliphatic rings. The van der Waals surface area contributed by atoms with Crippen LogP contribution in [0.5, 0.6) is 11.5 Å². The Morgan fingerprint density at radius 2 is 1.31 bits per heavy atom. The molecule has 1 amide bonds. The standard InChI is InChI=1S/C51H51N3O15S/c1-4-45(57)62-26-10-7-11-27-63-48(69-47(59)6-3)33-66-40-20-16-37(17-21-40)50(61)65-29-25-36-15-14-35(24-28-64-49(60)38-18-22-41(23-19-38)67-34-68-46(58)5-2)30-39(36)31-52-54(44(56)32-55)51-53-42-12-8-9-13-43(42)70-51/h4-6,8-9,12-23,30-31,48,55H,1-3,7,10-11,24-29,32-34H2. The van der Waals surface area contributed by atoms with E-state index in [2.05, 4.69) is 29.8 Å². The maximum Gasteiger partial charge on any atom is 0.338 e. The van der Waals surface area contributed by atoms with Crippen molar-refractivity contribution in [1.29, 1.82) is 0 Å². The number of hydrazone groups is 1. The predicted molar refractivity (Wildman–Crippen MR) is 257 cm³/mol. The largest absolute Gasteiger partial charge is 0.487 e. The molecule has 0 bridgehead atoms. The number of esters is 5. The fourth-order valence-corrected chi connectivity index (χ4v) is 7.00. The molecule has 1 N–H and O–H groups in total. The van der Waals surface area contributed by atoms with E-state index in [9.17, 15) is 33.9 Å². The van der Waals surface area contributed by atoms with Crippen molar-refractivity contribution >= 4 is 68.7 Å². The number of hydrogen-bond acceptors (Lipinski definition) is 18. The summed E-state index contributed by atoms with van der Waals surface area (Å²) in [5.41, 5.74) is 3.19. The summed E-state index contributed by atoms with van der Waals surface area (Å²) < 4.78 is 43.8. The van der Waals surface area contributed by atoms with E-state index in [1.54, 1.807) is 24.3 Å². The van der Waals surface area contributed by atoms with E-state index in [-0.39, 0.29) is 62.5 Å². The number of unbranched alkanes of at least 4 members (excludes halogenated alkanes) is 2. The molecule has 366 valence electrons. The molecule has 0 saturated heterocycles. The fraction of sp³-hybridized carbons (Fsp3) is 0.255. The number of benzene rings is 4. The third-order valence-electron chi connectivity index (χ3n) is 9.66. The maximum atomic E-state index is 13.1. The maximum absolute atomic E-state index is 13.1. The van der Waals surface area contributed by atoms with Crippen LogP contribution in [0.25, 0.3) is 10.2 Å². The number of para-hydroxylation sites is 1. The highest BCUT2D eigenvalue weighted by atomic mass is 32.1. The van der Waals surface area contributed by atoms with E-state index in [1.807, 2.05) is 30.3 Å². The number of fused-ring (bicyclic) bond motifs is 1. The van der Waals surface area contributed by atoms with E-state index >= 15 is 0 Å². The van der Waals surface area contributed by atoms with Gasteiger partial charge in [0, 0.05) is 31.1 Å². The van der Waals surface area contributed by atoms with Gasteiger partial charge in [-0.3, -0.25) is 4.79 Å². The van der Waals surface area contributed by atoms with Gasteiger partial charge in [0.25, 0.3) is 5.91 Å². The van der Waals surface area contributed by atoms with Gasteiger partial charge >= 0.3 is 29.8 Å². The van der Waals surface area contributed by atoms with Gasteiger partial charge in [-0.1, -0.05) is 55.3 Å². The van der Waals surface area contributed by atoms with Crippen molar-refractivity contribution in [2.24, 2.45) is 5.10 Å². The first kappa shape index (κ1) is 53.0. The molecule has 19 heteroatoms. The molecule has 0 radical (unpaired) electrons. The number of carbonyl (C=O) groups excluding carboxylic acids is 6. The summed E-state index contributed by atoms with van der Waals surface area (Å²) >= 11 is 1.23. The molecule has 0 saturated carbocycles. The van der Waals surface area contributed by atoms with Gasteiger partial charge in [0.1, 0.15) is 18.1 Å². The fourth-order valence-electron chi connectivity index (χ4n) is 6.06. The van der Waals surface area contributed by atoms with E-state index < -0.39 is 48.7 Å². The van der Waals surface area contributed by atoms with Crippen LogP contribution >= 0.6 is 11.3 Å². The minimum absolute atomic E-state index is 0.0170. The van der Waals surface area contributed by atoms with Crippen molar-refractivity contribution in [1.82, 2.24) is 4.98 Å². The average molecular weight is 978 g/mol. The molecule has 5 aromatic rings. The van der Waals surface area contributed by atoms with E-state index in [0.717, 1.165) is 33.5 Å². The molecule has 1 heterocycles. The van der Waals surface area contributed by atoms with Crippen molar-refractivity contribution < 1.29 is 71.8 Å². The topological polar surface area (TPSA) is 225 Å². The lowest BCUT2D eigenvalue weighted by molar-refractivity contribution is -0.179. The summed E-state index contributed by atoms with van der Waals surface area (Å²) in [6, 6.07) is 25.0. The molecule has 70 heavy (non-hydrogen) atoms. The van der Waals surface area contributed by atoms with E-state index in [1.165, 1.54) is 53.9 Å². The highest BCUT2D eigenvalue weighted by Gasteiger charge is 2.20. The first-order valence-electron chi connectivity index (χ1n) is 21.8. The Kier molecular flexibility index (Phi) is 21.5. The van der Waals surface area contributed by atoms with Crippen LogP contribution in [0.4, 0.5) is 5.13 Å². The highest BCUT2D eigenvalue weighted by molar-refractivity contribution is 7.22. The summed E-state index contributed by atoms with van der Waals surface area (Å²) in [6.45, 7) is 9.27. The minimum Gasteiger partial charge on any atom is -0.487 e. The number of aliphatic hydroxyl groups excluding tert-OH is 1. The first-order chi connectivity index (χ1) is 34.0. The Hall–Kier alpha value is -8.00. The quantitative estimate of drug-likeness (QED) is 0.00981. The smallest absolute Gasteiger partial charge is 0.338 e. The van der Waals surface area contributed by atoms with Crippen molar-refractivity contribution in [3.8, 4) is 11.5 Å². The van der Waals surface area contributed by atoms with Gasteiger partial charge in [-0.05, 0) is 103 Å². The van der Waals surface area contributed by atoms with E-state index in [0.29, 0.717) is 53.8 Å². The summed E-state index contributed by atoms with van der Waals surface area (Å²) in [7, 11) is 0. The Labute approximate surface area is 407 Å². The first-order valence-corrected chi connectivity index (χ1v) is 22.6. The van der Waals surface area contributed by atoms with Gasteiger partial charge in [-0.2, -0.15) is 10.1 Å². The highest BCUT2D eigenvalue weighted by Crippen LogP contribution is 2.29. The predicted octanol–water partition coefficient (Wildman–Crippen LogP) is 6.87. The number of nitrogens with zero attached hydrogens (tertiary/aromatic N) is 3. The number of hydrogen-bond donors (Lipinski definition) is 1. The van der Waals surface area contributed by atoms with E-state index in [4.69, 9.17) is 37.9 Å². The lowest BCUT2D eigenvalue weighted by Gasteiger charge is -2.18. The van der Waals surface area contributed by atoms with Crippen LogP contribution in [0.2, 0.25) is 0 Å². The second-order valence-electron chi connectivity index (χ2n) is 14.5. The molecule has 0 spiro atoms. The monoisotopic (exact) mass is 977 g/mol. The summed E-state index contributed by atoms with van der Waals surface area (Å²) in [5.74, 6) is -2.96. The SMILES string of the molecule is C=CC(=O)OCCCCCOC(COc1ccc(C(=O)OCCc2ccc(CCOC(=O)c3ccc(OCOC(=O)C=C)cc3)cc2C=NN(C(=O)CO)c2nc3ccccc3s2)cc1)OC(=O)C=C. The van der Waals surface area contributed by atoms with Gasteiger partial charge in [-0.15, -0.1) is 0 Å². The zero-order valence-electron chi connectivity index (χ0n) is 38.1. The average Bonchev–Trinajstić information content (AvgIpc) is 3.82. The molecule has 0 fully saturated rings. The van der Waals surface area contributed by atoms with Gasteiger partial charge in [-0.25, -0.2) is 29.0 Å². The number of thiazole rings is 1. The van der Waals surface area contributed by atoms with Crippen LogP contribution < -0.4 is 14.5 Å². The van der Waals surface area contributed by atoms with Crippen LogP contribution in [0.15, 0.2) is 134 Å². The zero-order valence-corrected chi connectivity index (χ0v) is 38.9. The summed E-state index contributed by atoms with van der Waals surface area (Å²) in [4.78, 5) is 77.8. The molecule has 1 unspecified atom stereocenters. The molecule has 5 rings (SSSR count).